The third kappa shape index (κ3) is 2.39. The van der Waals surface area contributed by atoms with E-state index in [-0.39, 0.29) is 18.4 Å². The van der Waals surface area contributed by atoms with E-state index < -0.39 is 29.0 Å². The zero-order valence-electron chi connectivity index (χ0n) is 11.5. The number of ether oxygens (including phenoxy) is 1. The molecule has 1 fully saturated rings. The summed E-state index contributed by atoms with van der Waals surface area (Å²) in [5.74, 6) is -1.84. The maximum absolute atomic E-state index is 13.1. The summed E-state index contributed by atoms with van der Waals surface area (Å²) in [5, 5.41) is 0. The number of hydrogen-bond acceptors (Lipinski definition) is 3. The van der Waals surface area contributed by atoms with Gasteiger partial charge in [0.15, 0.2) is 5.60 Å². The molecule has 1 aliphatic rings. The Balaban J connectivity index is 2.06. The molecule has 0 spiro atoms. The third-order valence-electron chi connectivity index (χ3n) is 3.75. The van der Waals surface area contributed by atoms with Crippen molar-refractivity contribution in [3.8, 4) is 0 Å². The molecule has 0 saturated carbocycles. The van der Waals surface area contributed by atoms with Crippen LogP contribution in [0.5, 0.6) is 0 Å². The van der Waals surface area contributed by atoms with E-state index in [9.17, 15) is 18.4 Å². The Labute approximate surface area is 125 Å². The predicted octanol–water partition coefficient (Wildman–Crippen LogP) is 3.38. The Bertz CT molecular complexity index is 723. The van der Waals surface area contributed by atoms with Crippen LogP contribution in [0.15, 0.2) is 48.5 Å². The van der Waals surface area contributed by atoms with Gasteiger partial charge >= 0.3 is 5.97 Å². The van der Waals surface area contributed by atoms with Gasteiger partial charge in [0, 0.05) is 17.5 Å². The van der Waals surface area contributed by atoms with Crippen molar-refractivity contribution in [3.05, 3.63) is 71.3 Å². The molecule has 1 saturated heterocycles. The van der Waals surface area contributed by atoms with E-state index in [1.807, 2.05) is 0 Å². The number of ketones is 1. The smallest absolute Gasteiger partial charge is 0.307 e. The molecule has 0 amide bonds. The van der Waals surface area contributed by atoms with Crippen LogP contribution in [0, 0.1) is 11.6 Å². The molecule has 0 aromatic heterocycles. The number of carbonyl (C=O) groups is 2. The van der Waals surface area contributed by atoms with Gasteiger partial charge in [-0.05, 0) is 36.4 Å². The molecule has 3 rings (SSSR count). The van der Waals surface area contributed by atoms with Crippen LogP contribution in [-0.4, -0.2) is 11.8 Å². The number of hydrogen-bond donors (Lipinski definition) is 0. The van der Waals surface area contributed by atoms with Crippen LogP contribution in [0.1, 0.15) is 28.8 Å². The van der Waals surface area contributed by atoms with E-state index in [0.717, 1.165) is 0 Å². The summed E-state index contributed by atoms with van der Waals surface area (Å²) in [6.45, 7) is 0. The summed E-state index contributed by atoms with van der Waals surface area (Å²) in [5.41, 5.74) is -0.822. The van der Waals surface area contributed by atoms with Gasteiger partial charge in [0.2, 0.25) is 5.78 Å². The molecule has 5 heteroatoms. The zero-order valence-corrected chi connectivity index (χ0v) is 11.5. The number of cyclic esters (lactones) is 1. The molecule has 112 valence electrons. The lowest BCUT2D eigenvalue weighted by Crippen LogP contribution is -2.35. The largest absolute Gasteiger partial charge is 0.446 e. The minimum absolute atomic E-state index is 0.101. The van der Waals surface area contributed by atoms with Crippen LogP contribution in [0.2, 0.25) is 0 Å². The van der Waals surface area contributed by atoms with Gasteiger partial charge in [-0.2, -0.15) is 0 Å². The minimum atomic E-state index is -1.47. The van der Waals surface area contributed by atoms with Crippen LogP contribution in [0.4, 0.5) is 8.78 Å². The first-order valence-corrected chi connectivity index (χ1v) is 6.79. The average molecular weight is 302 g/mol. The first-order chi connectivity index (χ1) is 10.5. The summed E-state index contributed by atoms with van der Waals surface area (Å²) in [6, 6.07) is 10.3. The quantitative estimate of drug-likeness (QED) is 0.645. The van der Waals surface area contributed by atoms with Crippen molar-refractivity contribution in [1.29, 1.82) is 0 Å². The Hall–Kier alpha value is -2.56. The van der Waals surface area contributed by atoms with Gasteiger partial charge in [-0.25, -0.2) is 8.78 Å². The molecule has 2 aromatic rings. The Morgan fingerprint density at radius 2 is 1.50 bits per heavy atom. The van der Waals surface area contributed by atoms with E-state index in [1.54, 1.807) is 0 Å². The van der Waals surface area contributed by atoms with Crippen molar-refractivity contribution in [1.82, 2.24) is 0 Å². The van der Waals surface area contributed by atoms with E-state index in [0.29, 0.717) is 5.56 Å². The zero-order chi connectivity index (χ0) is 15.7. The summed E-state index contributed by atoms with van der Waals surface area (Å²) in [4.78, 5) is 24.4. The highest BCUT2D eigenvalue weighted by Crippen LogP contribution is 2.39. The van der Waals surface area contributed by atoms with Crippen molar-refractivity contribution in [2.24, 2.45) is 0 Å². The van der Waals surface area contributed by atoms with E-state index >= 15 is 0 Å². The molecule has 0 N–H and O–H groups in total. The predicted molar refractivity (Wildman–Crippen MR) is 74.1 cm³/mol. The first-order valence-electron chi connectivity index (χ1n) is 6.79. The van der Waals surface area contributed by atoms with Gasteiger partial charge in [0.05, 0.1) is 6.42 Å². The molecule has 22 heavy (non-hydrogen) atoms. The number of halogens is 2. The van der Waals surface area contributed by atoms with E-state index in [4.69, 9.17) is 4.74 Å². The number of esters is 1. The second-order valence-corrected chi connectivity index (χ2v) is 5.14. The van der Waals surface area contributed by atoms with Crippen LogP contribution >= 0.6 is 0 Å². The Morgan fingerprint density at radius 3 is 2.00 bits per heavy atom. The lowest BCUT2D eigenvalue weighted by molar-refractivity contribution is -0.146. The van der Waals surface area contributed by atoms with Crippen LogP contribution in [0.3, 0.4) is 0 Å². The Morgan fingerprint density at radius 1 is 0.955 bits per heavy atom. The van der Waals surface area contributed by atoms with Crippen molar-refractivity contribution >= 4 is 11.8 Å². The Kier molecular flexibility index (Phi) is 3.48. The van der Waals surface area contributed by atoms with Crippen LogP contribution in [0.25, 0.3) is 0 Å². The maximum atomic E-state index is 13.1. The normalized spacial score (nSPS) is 20.7. The summed E-state index contributed by atoms with van der Waals surface area (Å²) in [6.07, 6.45) is 0.276. The van der Waals surface area contributed by atoms with Gasteiger partial charge in [-0.15, -0.1) is 0 Å². The average Bonchev–Trinajstić information content (AvgIpc) is 2.91. The second-order valence-electron chi connectivity index (χ2n) is 5.14. The number of Topliss-reactive ketones (excluding diaryl/α,β-unsaturated/α-hetero) is 1. The van der Waals surface area contributed by atoms with E-state index in [2.05, 4.69) is 0 Å². The fourth-order valence-corrected chi connectivity index (χ4v) is 2.62. The summed E-state index contributed by atoms with van der Waals surface area (Å²) >= 11 is 0. The topological polar surface area (TPSA) is 43.4 Å². The minimum Gasteiger partial charge on any atom is -0.446 e. The number of rotatable bonds is 3. The van der Waals surface area contributed by atoms with Gasteiger partial charge in [0.1, 0.15) is 11.6 Å². The lowest BCUT2D eigenvalue weighted by Gasteiger charge is -2.26. The van der Waals surface area contributed by atoms with Gasteiger partial charge in [0.25, 0.3) is 0 Å². The molecule has 0 radical (unpaired) electrons. The van der Waals surface area contributed by atoms with Crippen molar-refractivity contribution in [2.45, 2.75) is 18.4 Å². The second kappa shape index (κ2) is 5.33. The highest BCUT2D eigenvalue weighted by atomic mass is 19.1. The summed E-state index contributed by atoms with van der Waals surface area (Å²) < 4.78 is 31.4. The fraction of sp³-hybridized carbons (Fsp3) is 0.176. The standard InChI is InChI=1S/C17H12F2O3/c18-13-5-1-11(2-6-13)16(21)17(10-9-15(20)22-17)12-3-7-14(19)8-4-12/h1-8H,9-10H2. The first kappa shape index (κ1) is 14.4. The van der Waals surface area contributed by atoms with Gasteiger partial charge in [-0.3, -0.25) is 9.59 Å². The summed E-state index contributed by atoms with van der Waals surface area (Å²) in [7, 11) is 0. The molecular formula is C17H12F2O3. The fourth-order valence-electron chi connectivity index (χ4n) is 2.62. The molecule has 1 atom stereocenters. The van der Waals surface area contributed by atoms with Gasteiger partial charge in [-0.1, -0.05) is 12.1 Å². The lowest BCUT2D eigenvalue weighted by atomic mass is 9.83. The maximum Gasteiger partial charge on any atom is 0.307 e. The van der Waals surface area contributed by atoms with Gasteiger partial charge < -0.3 is 4.74 Å². The molecular weight excluding hydrogens is 290 g/mol. The molecule has 1 aliphatic heterocycles. The monoisotopic (exact) mass is 302 g/mol. The highest BCUT2D eigenvalue weighted by molar-refractivity contribution is 6.05. The molecule has 0 aliphatic carbocycles. The van der Waals surface area contributed by atoms with Crippen LogP contribution < -0.4 is 0 Å². The molecule has 3 nitrogen and oxygen atoms in total. The number of carbonyl (C=O) groups excluding carboxylic acids is 2. The molecule has 2 aromatic carbocycles. The molecule has 1 heterocycles. The van der Waals surface area contributed by atoms with Crippen molar-refractivity contribution < 1.29 is 23.1 Å². The van der Waals surface area contributed by atoms with Crippen LogP contribution in [-0.2, 0) is 15.1 Å². The number of benzene rings is 2. The van der Waals surface area contributed by atoms with Crippen molar-refractivity contribution in [3.63, 3.8) is 0 Å². The highest BCUT2D eigenvalue weighted by Gasteiger charge is 2.48. The molecule has 0 bridgehead atoms. The van der Waals surface area contributed by atoms with Crippen molar-refractivity contribution in [2.75, 3.05) is 0 Å². The SMILES string of the molecule is O=C1CCC(C(=O)c2ccc(F)cc2)(c2ccc(F)cc2)O1. The molecule has 1 unspecified atom stereocenters. The third-order valence-corrected chi connectivity index (χ3v) is 3.75. The van der Waals surface area contributed by atoms with E-state index in [1.165, 1.54) is 48.5 Å².